The molecular formula is C10H7F3N4O. The number of methoxy groups -OCH3 is 1. The third-order valence-corrected chi connectivity index (χ3v) is 2.06. The van der Waals surface area contributed by atoms with Gasteiger partial charge in [0, 0.05) is 5.56 Å². The summed E-state index contributed by atoms with van der Waals surface area (Å²) in [5, 5.41) is 0. The number of anilines is 1. The van der Waals surface area contributed by atoms with Crippen LogP contribution in [0.3, 0.4) is 0 Å². The molecule has 2 aromatic rings. The minimum atomic E-state index is -1.56. The fourth-order valence-electron chi connectivity index (χ4n) is 1.28. The van der Waals surface area contributed by atoms with Gasteiger partial charge in [-0.1, -0.05) is 0 Å². The molecule has 0 saturated carbocycles. The molecule has 0 atom stereocenters. The van der Waals surface area contributed by atoms with Gasteiger partial charge >= 0.3 is 6.01 Å². The van der Waals surface area contributed by atoms with Crippen molar-refractivity contribution in [3.05, 3.63) is 29.6 Å². The number of aromatic nitrogens is 3. The molecule has 0 unspecified atom stereocenters. The number of ether oxygens (including phenoxy) is 1. The fourth-order valence-corrected chi connectivity index (χ4v) is 1.28. The van der Waals surface area contributed by atoms with Crippen molar-refractivity contribution < 1.29 is 17.9 Å². The molecule has 8 heteroatoms. The lowest BCUT2D eigenvalue weighted by atomic mass is 10.2. The Morgan fingerprint density at radius 2 is 1.67 bits per heavy atom. The van der Waals surface area contributed by atoms with Gasteiger partial charge in [0.15, 0.2) is 23.3 Å². The number of benzene rings is 1. The lowest BCUT2D eigenvalue weighted by Crippen LogP contribution is -2.03. The van der Waals surface area contributed by atoms with E-state index in [0.717, 1.165) is 12.1 Å². The molecule has 0 saturated heterocycles. The summed E-state index contributed by atoms with van der Waals surface area (Å²) in [5.41, 5.74) is 5.30. The first-order chi connectivity index (χ1) is 8.51. The summed E-state index contributed by atoms with van der Waals surface area (Å²) in [6.07, 6.45) is 0. The average molecular weight is 256 g/mol. The van der Waals surface area contributed by atoms with Crippen LogP contribution in [0.4, 0.5) is 19.1 Å². The van der Waals surface area contributed by atoms with Gasteiger partial charge in [-0.25, -0.2) is 13.2 Å². The van der Waals surface area contributed by atoms with Gasteiger partial charge in [0.2, 0.25) is 5.95 Å². The molecule has 1 aromatic heterocycles. The highest BCUT2D eigenvalue weighted by atomic mass is 19.2. The number of nitrogen functional groups attached to an aromatic ring is 1. The second kappa shape index (κ2) is 4.47. The molecule has 1 heterocycles. The maximum Gasteiger partial charge on any atom is 0.321 e. The van der Waals surface area contributed by atoms with Crippen LogP contribution in [0.2, 0.25) is 0 Å². The minimum Gasteiger partial charge on any atom is -0.467 e. The highest BCUT2D eigenvalue weighted by Gasteiger charge is 2.14. The van der Waals surface area contributed by atoms with E-state index in [1.54, 1.807) is 0 Å². The van der Waals surface area contributed by atoms with Crippen molar-refractivity contribution in [3.63, 3.8) is 0 Å². The molecule has 0 aliphatic carbocycles. The second-order valence-electron chi connectivity index (χ2n) is 3.26. The van der Waals surface area contributed by atoms with E-state index in [9.17, 15) is 13.2 Å². The number of hydrogen-bond donors (Lipinski definition) is 1. The molecule has 2 N–H and O–H groups in total. The van der Waals surface area contributed by atoms with E-state index < -0.39 is 17.5 Å². The molecule has 0 aliphatic rings. The summed E-state index contributed by atoms with van der Waals surface area (Å²) in [5.74, 6) is -4.54. The molecule has 0 aliphatic heterocycles. The first-order valence-electron chi connectivity index (χ1n) is 4.71. The van der Waals surface area contributed by atoms with Crippen molar-refractivity contribution >= 4 is 5.95 Å². The summed E-state index contributed by atoms with van der Waals surface area (Å²) >= 11 is 0. The quantitative estimate of drug-likeness (QED) is 0.825. The van der Waals surface area contributed by atoms with Crippen LogP contribution < -0.4 is 10.5 Å². The third-order valence-electron chi connectivity index (χ3n) is 2.06. The Bertz CT molecular complexity index is 583. The Balaban J connectivity index is 2.58. The summed E-state index contributed by atoms with van der Waals surface area (Å²) < 4.78 is 43.7. The van der Waals surface area contributed by atoms with Gasteiger partial charge in [-0.2, -0.15) is 15.0 Å². The zero-order valence-electron chi connectivity index (χ0n) is 9.12. The van der Waals surface area contributed by atoms with Crippen LogP contribution in [0, 0.1) is 17.5 Å². The smallest absolute Gasteiger partial charge is 0.321 e. The first-order valence-corrected chi connectivity index (χ1v) is 4.71. The molecule has 94 valence electrons. The predicted octanol–water partition coefficient (Wildman–Crippen LogP) is 1.55. The van der Waals surface area contributed by atoms with Gasteiger partial charge in [0.1, 0.15) is 0 Å². The van der Waals surface area contributed by atoms with Crippen LogP contribution >= 0.6 is 0 Å². The topological polar surface area (TPSA) is 73.9 Å². The Hall–Kier alpha value is -2.38. The van der Waals surface area contributed by atoms with Crippen LogP contribution in [-0.4, -0.2) is 22.1 Å². The van der Waals surface area contributed by atoms with Crippen LogP contribution in [0.5, 0.6) is 6.01 Å². The van der Waals surface area contributed by atoms with Crippen molar-refractivity contribution in [1.29, 1.82) is 0 Å². The van der Waals surface area contributed by atoms with Crippen molar-refractivity contribution in [2.24, 2.45) is 0 Å². The van der Waals surface area contributed by atoms with Crippen LogP contribution in [0.1, 0.15) is 0 Å². The van der Waals surface area contributed by atoms with E-state index in [0.29, 0.717) is 0 Å². The lowest BCUT2D eigenvalue weighted by molar-refractivity contribution is 0.379. The number of rotatable bonds is 2. The second-order valence-corrected chi connectivity index (χ2v) is 3.26. The van der Waals surface area contributed by atoms with Crippen molar-refractivity contribution in [1.82, 2.24) is 15.0 Å². The van der Waals surface area contributed by atoms with Gasteiger partial charge < -0.3 is 10.5 Å². The molecule has 0 fully saturated rings. The van der Waals surface area contributed by atoms with Crippen LogP contribution in [0.25, 0.3) is 11.4 Å². The largest absolute Gasteiger partial charge is 0.467 e. The number of nitrogens with two attached hydrogens (primary N) is 1. The summed E-state index contributed by atoms with van der Waals surface area (Å²) in [6, 6.07) is 1.40. The molecule has 0 radical (unpaired) electrons. The monoisotopic (exact) mass is 256 g/mol. The van der Waals surface area contributed by atoms with E-state index in [4.69, 9.17) is 10.5 Å². The van der Waals surface area contributed by atoms with Gasteiger partial charge in [-0.3, -0.25) is 0 Å². The first kappa shape index (κ1) is 12.1. The maximum absolute atomic E-state index is 13.1. The van der Waals surface area contributed by atoms with Gasteiger partial charge in [-0.15, -0.1) is 0 Å². The highest BCUT2D eigenvalue weighted by Crippen LogP contribution is 2.22. The van der Waals surface area contributed by atoms with E-state index >= 15 is 0 Å². The van der Waals surface area contributed by atoms with Crippen molar-refractivity contribution in [3.8, 4) is 17.4 Å². The third kappa shape index (κ3) is 2.17. The Kier molecular flexibility index (Phi) is 3.00. The standard InChI is InChI=1S/C10H7F3N4O/c1-18-10-16-8(15-9(14)17-10)4-2-5(11)7(13)6(12)3-4/h2-3H,1H3,(H2,14,15,16,17). The molecule has 5 nitrogen and oxygen atoms in total. The van der Waals surface area contributed by atoms with Crippen LogP contribution in [-0.2, 0) is 0 Å². The molecule has 18 heavy (non-hydrogen) atoms. The Morgan fingerprint density at radius 1 is 1.06 bits per heavy atom. The number of nitrogens with zero attached hydrogens (tertiary/aromatic N) is 3. The molecule has 2 rings (SSSR count). The zero-order valence-corrected chi connectivity index (χ0v) is 9.12. The highest BCUT2D eigenvalue weighted by molar-refractivity contribution is 5.56. The zero-order chi connectivity index (χ0) is 13.3. The van der Waals surface area contributed by atoms with E-state index in [1.807, 2.05) is 0 Å². The summed E-state index contributed by atoms with van der Waals surface area (Å²) in [4.78, 5) is 11.0. The van der Waals surface area contributed by atoms with E-state index in [-0.39, 0.29) is 23.3 Å². The number of hydrogen-bond acceptors (Lipinski definition) is 5. The fraction of sp³-hybridized carbons (Fsp3) is 0.100. The van der Waals surface area contributed by atoms with Crippen molar-refractivity contribution in [2.75, 3.05) is 12.8 Å². The van der Waals surface area contributed by atoms with E-state index in [2.05, 4.69) is 15.0 Å². The predicted molar refractivity (Wildman–Crippen MR) is 56.1 cm³/mol. The normalized spacial score (nSPS) is 10.4. The molecular weight excluding hydrogens is 249 g/mol. The molecule has 1 aromatic carbocycles. The minimum absolute atomic E-state index is 0.0706. The number of halogens is 3. The Labute approximate surface area is 99.5 Å². The van der Waals surface area contributed by atoms with Crippen molar-refractivity contribution in [2.45, 2.75) is 0 Å². The lowest BCUT2D eigenvalue weighted by Gasteiger charge is -2.04. The maximum atomic E-state index is 13.1. The SMILES string of the molecule is COc1nc(N)nc(-c2cc(F)c(F)c(F)c2)n1. The summed E-state index contributed by atoms with van der Waals surface area (Å²) in [6.45, 7) is 0. The average Bonchev–Trinajstić information content (AvgIpc) is 2.34. The molecule has 0 spiro atoms. The molecule has 0 bridgehead atoms. The van der Waals surface area contributed by atoms with Gasteiger partial charge in [0.05, 0.1) is 7.11 Å². The van der Waals surface area contributed by atoms with E-state index in [1.165, 1.54) is 7.11 Å². The van der Waals surface area contributed by atoms with Gasteiger partial charge in [-0.05, 0) is 12.1 Å². The molecule has 0 amide bonds. The Morgan fingerprint density at radius 3 is 2.22 bits per heavy atom. The van der Waals surface area contributed by atoms with Crippen LogP contribution in [0.15, 0.2) is 12.1 Å². The van der Waals surface area contributed by atoms with Gasteiger partial charge in [0.25, 0.3) is 0 Å². The summed E-state index contributed by atoms with van der Waals surface area (Å²) in [7, 11) is 1.30.